The Labute approximate surface area is 246 Å². The number of alkyl carbamates (subject to hydrolysis) is 1. The average Bonchev–Trinajstić information content (AvgIpc) is 2.96. The highest BCUT2D eigenvalue weighted by molar-refractivity contribution is 5.75. The molecule has 0 fully saturated rings. The van der Waals surface area contributed by atoms with E-state index in [1.807, 2.05) is 45.0 Å². The molecule has 0 saturated heterocycles. The molecule has 3 aromatic carbocycles. The summed E-state index contributed by atoms with van der Waals surface area (Å²) in [5.74, 6) is 2.50. The number of rotatable bonds is 16. The zero-order valence-corrected chi connectivity index (χ0v) is 25.5. The van der Waals surface area contributed by atoms with Crippen LogP contribution in [0, 0.1) is 0 Å². The number of methoxy groups -OCH3 is 1. The second-order valence-corrected chi connectivity index (χ2v) is 11.2. The van der Waals surface area contributed by atoms with Crippen LogP contribution in [0.2, 0.25) is 0 Å². The van der Waals surface area contributed by atoms with Crippen LogP contribution in [0.25, 0.3) is 22.3 Å². The Bertz CT molecular complexity index is 1180. The number of benzene rings is 3. The summed E-state index contributed by atoms with van der Waals surface area (Å²) in [5.41, 5.74) is 3.97. The summed E-state index contributed by atoms with van der Waals surface area (Å²) >= 11 is 0. The summed E-state index contributed by atoms with van der Waals surface area (Å²) < 4.78 is 22.8. The Morgan fingerprint density at radius 2 is 1.29 bits per heavy atom. The summed E-state index contributed by atoms with van der Waals surface area (Å²) in [5, 5.41) is 2.81. The lowest BCUT2D eigenvalue weighted by atomic mass is 9.99. The molecule has 0 aliphatic heterocycles. The lowest BCUT2D eigenvalue weighted by Gasteiger charge is -2.19. The second kappa shape index (κ2) is 16.6. The van der Waals surface area contributed by atoms with E-state index < -0.39 is 5.60 Å². The minimum Gasteiger partial charge on any atom is -0.497 e. The van der Waals surface area contributed by atoms with Gasteiger partial charge in [0.15, 0.2) is 0 Å². The molecule has 0 radical (unpaired) electrons. The maximum Gasteiger partial charge on any atom is 0.407 e. The molecule has 1 amide bonds. The molecule has 6 heteroatoms. The van der Waals surface area contributed by atoms with Gasteiger partial charge in [-0.1, -0.05) is 69.0 Å². The number of hydrogen-bond acceptors (Lipinski definition) is 5. The lowest BCUT2D eigenvalue weighted by Crippen LogP contribution is -2.32. The van der Waals surface area contributed by atoms with Gasteiger partial charge in [-0.05, 0) is 81.0 Å². The van der Waals surface area contributed by atoms with Crippen molar-refractivity contribution in [2.45, 2.75) is 78.2 Å². The van der Waals surface area contributed by atoms with Crippen LogP contribution >= 0.6 is 0 Å². The Morgan fingerprint density at radius 1 is 0.707 bits per heavy atom. The molecule has 0 heterocycles. The van der Waals surface area contributed by atoms with Gasteiger partial charge in [-0.2, -0.15) is 0 Å². The Hall–Kier alpha value is -3.67. The topological polar surface area (TPSA) is 66.0 Å². The second-order valence-electron chi connectivity index (χ2n) is 11.2. The summed E-state index contributed by atoms with van der Waals surface area (Å²) in [6, 6.07) is 22.8. The molecule has 3 rings (SSSR count). The molecule has 0 aliphatic carbocycles. The van der Waals surface area contributed by atoms with Crippen molar-refractivity contribution in [2.24, 2.45) is 0 Å². The molecule has 3 aromatic rings. The number of carbonyl (C=O) groups is 1. The first kappa shape index (κ1) is 31.9. The van der Waals surface area contributed by atoms with Gasteiger partial charge >= 0.3 is 6.09 Å². The van der Waals surface area contributed by atoms with Crippen molar-refractivity contribution in [3.8, 4) is 39.5 Å². The SMILES string of the molecule is CCCCCOc1ccc(-c2ccc(-c3ccc(OC)cc3OCCCCCCNC(=O)OC(C)(C)C)cc2)cc1. The molecule has 0 aromatic heterocycles. The highest BCUT2D eigenvalue weighted by atomic mass is 16.6. The van der Waals surface area contributed by atoms with Crippen LogP contribution in [-0.4, -0.2) is 38.6 Å². The lowest BCUT2D eigenvalue weighted by molar-refractivity contribution is 0.0527. The number of ether oxygens (including phenoxy) is 4. The molecule has 0 bridgehead atoms. The Morgan fingerprint density at radius 3 is 1.95 bits per heavy atom. The maximum absolute atomic E-state index is 11.7. The quantitative estimate of drug-likeness (QED) is 0.177. The fraction of sp³-hybridized carbons (Fsp3) is 0.457. The monoisotopic (exact) mass is 561 g/mol. The van der Waals surface area contributed by atoms with Crippen molar-refractivity contribution < 1.29 is 23.7 Å². The first-order chi connectivity index (χ1) is 19.8. The molecule has 0 spiro atoms. The number of unbranched alkanes of at least 4 members (excludes halogenated alkanes) is 5. The van der Waals surface area contributed by atoms with Crippen molar-refractivity contribution in [3.05, 3.63) is 66.7 Å². The first-order valence-corrected chi connectivity index (χ1v) is 14.9. The van der Waals surface area contributed by atoms with E-state index in [9.17, 15) is 4.79 Å². The van der Waals surface area contributed by atoms with Crippen molar-refractivity contribution in [1.82, 2.24) is 5.32 Å². The highest BCUT2D eigenvalue weighted by Gasteiger charge is 2.15. The van der Waals surface area contributed by atoms with Crippen LogP contribution in [0.3, 0.4) is 0 Å². The zero-order valence-electron chi connectivity index (χ0n) is 25.5. The number of amides is 1. The van der Waals surface area contributed by atoms with Crippen molar-refractivity contribution in [3.63, 3.8) is 0 Å². The minimum atomic E-state index is -0.475. The largest absolute Gasteiger partial charge is 0.497 e. The molecule has 0 aliphatic rings. The fourth-order valence-electron chi connectivity index (χ4n) is 4.38. The molecule has 0 unspecified atom stereocenters. The van der Waals surface area contributed by atoms with Gasteiger partial charge in [0.1, 0.15) is 22.8 Å². The van der Waals surface area contributed by atoms with Crippen LogP contribution in [0.1, 0.15) is 72.6 Å². The van der Waals surface area contributed by atoms with Crippen LogP contribution in [0.5, 0.6) is 17.2 Å². The molecule has 0 saturated carbocycles. The summed E-state index contributed by atoms with van der Waals surface area (Å²) in [6.45, 7) is 9.78. The van der Waals surface area contributed by atoms with E-state index in [-0.39, 0.29) is 6.09 Å². The predicted octanol–water partition coefficient (Wildman–Crippen LogP) is 9.06. The van der Waals surface area contributed by atoms with Crippen molar-refractivity contribution in [1.29, 1.82) is 0 Å². The third-order valence-electron chi connectivity index (χ3n) is 6.59. The van der Waals surface area contributed by atoms with Gasteiger partial charge in [0.2, 0.25) is 0 Å². The third-order valence-corrected chi connectivity index (χ3v) is 6.59. The van der Waals surface area contributed by atoms with E-state index in [1.54, 1.807) is 7.11 Å². The molecule has 222 valence electrons. The molecule has 0 atom stereocenters. The molecule has 41 heavy (non-hydrogen) atoms. The summed E-state index contributed by atoms with van der Waals surface area (Å²) in [4.78, 5) is 11.7. The van der Waals surface area contributed by atoms with E-state index in [1.165, 1.54) is 12.8 Å². The third kappa shape index (κ3) is 11.4. The Balaban J connectivity index is 1.51. The van der Waals surface area contributed by atoms with E-state index in [2.05, 4.69) is 54.7 Å². The average molecular weight is 562 g/mol. The van der Waals surface area contributed by atoms with E-state index in [0.717, 1.165) is 78.2 Å². The van der Waals surface area contributed by atoms with E-state index in [4.69, 9.17) is 18.9 Å². The van der Waals surface area contributed by atoms with Crippen LogP contribution in [0.4, 0.5) is 4.79 Å². The van der Waals surface area contributed by atoms with Crippen LogP contribution < -0.4 is 19.5 Å². The van der Waals surface area contributed by atoms with E-state index in [0.29, 0.717) is 13.2 Å². The van der Waals surface area contributed by atoms with Crippen LogP contribution in [0.15, 0.2) is 66.7 Å². The normalized spacial score (nSPS) is 11.1. The van der Waals surface area contributed by atoms with Crippen LogP contribution in [-0.2, 0) is 4.74 Å². The predicted molar refractivity (Wildman–Crippen MR) is 167 cm³/mol. The van der Waals surface area contributed by atoms with Gasteiger partial charge in [-0.25, -0.2) is 4.79 Å². The molecular weight excluding hydrogens is 514 g/mol. The standard InChI is InChI=1S/C35H47NO5/c1-6-7-11-24-39-30-19-17-28(18-20-30)27-13-15-29(16-14-27)32-22-21-31(38-5)26-33(32)40-25-12-9-8-10-23-36-34(37)41-35(2,3)4/h13-22,26H,6-12,23-25H2,1-5H3,(H,36,37). The van der Waals surface area contributed by atoms with Crippen molar-refractivity contribution >= 4 is 6.09 Å². The smallest absolute Gasteiger partial charge is 0.407 e. The van der Waals surface area contributed by atoms with Gasteiger partial charge in [0.25, 0.3) is 0 Å². The fourth-order valence-corrected chi connectivity index (χ4v) is 4.38. The molecule has 6 nitrogen and oxygen atoms in total. The molecule has 1 N–H and O–H groups in total. The molecular formula is C35H47NO5. The van der Waals surface area contributed by atoms with Gasteiger partial charge in [-0.15, -0.1) is 0 Å². The summed E-state index contributed by atoms with van der Waals surface area (Å²) in [6.07, 6.45) is 6.99. The van der Waals surface area contributed by atoms with Gasteiger partial charge in [0, 0.05) is 18.2 Å². The van der Waals surface area contributed by atoms with Gasteiger partial charge < -0.3 is 24.3 Å². The number of nitrogens with one attached hydrogen (secondary N) is 1. The zero-order chi connectivity index (χ0) is 29.5. The van der Waals surface area contributed by atoms with Crippen molar-refractivity contribution in [2.75, 3.05) is 26.9 Å². The Kier molecular flexibility index (Phi) is 12.9. The number of carbonyl (C=O) groups excluding carboxylic acids is 1. The number of hydrogen-bond donors (Lipinski definition) is 1. The van der Waals surface area contributed by atoms with Gasteiger partial charge in [-0.3, -0.25) is 0 Å². The van der Waals surface area contributed by atoms with E-state index >= 15 is 0 Å². The minimum absolute atomic E-state index is 0.361. The first-order valence-electron chi connectivity index (χ1n) is 14.9. The maximum atomic E-state index is 11.7. The summed E-state index contributed by atoms with van der Waals surface area (Å²) in [7, 11) is 1.67. The highest BCUT2D eigenvalue weighted by Crippen LogP contribution is 2.35. The van der Waals surface area contributed by atoms with Gasteiger partial charge in [0.05, 0.1) is 20.3 Å².